The van der Waals surface area contributed by atoms with E-state index < -0.39 is 46.2 Å². The number of carboxylic acids is 3. The monoisotopic (exact) mass is 663 g/mol. The van der Waals surface area contributed by atoms with E-state index in [0.717, 1.165) is 17.4 Å². The molecule has 0 aromatic heterocycles. The molecule has 0 radical (unpaired) electrons. The van der Waals surface area contributed by atoms with E-state index in [2.05, 4.69) is 21.2 Å². The minimum Gasteiger partial charge on any atom is -0.480 e. The number of hydrogen-bond donors (Lipinski definition) is 4. The molecule has 230 valence electrons. The Kier molecular flexibility index (Phi) is 11.8. The average molecular weight is 665 g/mol. The SMILES string of the molecule is CC(C)(C)OC(=O)N1CC[C@]1(C)C(=O)O.C[C@]1(C(=O)O)CCN1.C[C@]1(C(=O)O)CCN1C(=O)c1ccc(Br)cc1.Cl. The van der Waals surface area contributed by atoms with Crippen molar-refractivity contribution in [3.8, 4) is 0 Å². The zero-order chi connectivity index (χ0) is 30.7. The minimum atomic E-state index is -1.09. The number of benzene rings is 1. The van der Waals surface area contributed by atoms with Crippen LogP contribution in [0.25, 0.3) is 0 Å². The lowest BCUT2D eigenvalue weighted by Gasteiger charge is -2.47. The third-order valence-electron chi connectivity index (χ3n) is 7.32. The Morgan fingerprint density at radius 1 is 0.829 bits per heavy atom. The number of hydrogen-bond acceptors (Lipinski definition) is 7. The summed E-state index contributed by atoms with van der Waals surface area (Å²) in [6, 6.07) is 6.91. The fourth-order valence-electron chi connectivity index (χ4n) is 3.93. The third-order valence-corrected chi connectivity index (χ3v) is 7.85. The van der Waals surface area contributed by atoms with Gasteiger partial charge in [-0.3, -0.25) is 14.5 Å². The van der Waals surface area contributed by atoms with Crippen LogP contribution >= 0.6 is 28.3 Å². The van der Waals surface area contributed by atoms with Crippen molar-refractivity contribution < 1.29 is 44.0 Å². The Hall–Kier alpha value is -2.90. The van der Waals surface area contributed by atoms with E-state index in [1.807, 2.05) is 0 Å². The first kappa shape index (κ1) is 36.1. The number of aliphatic carboxylic acids is 3. The third kappa shape index (κ3) is 8.32. The number of rotatable bonds is 4. The lowest BCUT2D eigenvalue weighted by atomic mass is 9.86. The van der Waals surface area contributed by atoms with Gasteiger partial charge in [-0.2, -0.15) is 0 Å². The van der Waals surface area contributed by atoms with Crippen molar-refractivity contribution in [3.63, 3.8) is 0 Å². The number of carbonyl (C=O) groups is 5. The molecule has 3 heterocycles. The first-order chi connectivity index (χ1) is 18.3. The number of amides is 2. The summed E-state index contributed by atoms with van der Waals surface area (Å²) in [5, 5.41) is 29.3. The summed E-state index contributed by atoms with van der Waals surface area (Å²) in [4.78, 5) is 58.6. The van der Waals surface area contributed by atoms with Crippen LogP contribution in [0.15, 0.2) is 28.7 Å². The molecule has 1 aromatic rings. The van der Waals surface area contributed by atoms with Crippen LogP contribution in [0.1, 0.15) is 71.2 Å². The van der Waals surface area contributed by atoms with Crippen LogP contribution in [0.5, 0.6) is 0 Å². The molecule has 0 bridgehead atoms. The molecule has 2 amide bonds. The highest BCUT2D eigenvalue weighted by molar-refractivity contribution is 9.10. The maximum Gasteiger partial charge on any atom is 0.411 e. The molecule has 0 unspecified atom stereocenters. The highest BCUT2D eigenvalue weighted by Crippen LogP contribution is 2.33. The zero-order valence-corrected chi connectivity index (χ0v) is 26.4. The second kappa shape index (κ2) is 13.4. The van der Waals surface area contributed by atoms with E-state index in [1.54, 1.807) is 58.9 Å². The second-order valence-corrected chi connectivity index (χ2v) is 12.5. The second-order valence-electron chi connectivity index (χ2n) is 11.6. The molecule has 4 rings (SSSR count). The molecule has 3 aliphatic rings. The maximum atomic E-state index is 12.1. The molecule has 0 saturated carbocycles. The van der Waals surface area contributed by atoms with Gasteiger partial charge in [0.1, 0.15) is 22.2 Å². The first-order valence-electron chi connectivity index (χ1n) is 12.8. The van der Waals surface area contributed by atoms with E-state index in [0.29, 0.717) is 31.5 Å². The van der Waals surface area contributed by atoms with Crippen molar-refractivity contribution >= 4 is 58.2 Å². The van der Waals surface area contributed by atoms with Crippen molar-refractivity contribution in [3.05, 3.63) is 34.3 Å². The number of ether oxygens (including phenoxy) is 1. The number of carbonyl (C=O) groups excluding carboxylic acids is 2. The van der Waals surface area contributed by atoms with E-state index in [9.17, 15) is 24.0 Å². The highest BCUT2D eigenvalue weighted by Gasteiger charge is 2.51. The average Bonchev–Trinajstić information content (AvgIpc) is 2.79. The van der Waals surface area contributed by atoms with Gasteiger partial charge in [0.05, 0.1) is 0 Å². The molecule has 41 heavy (non-hydrogen) atoms. The van der Waals surface area contributed by atoms with Crippen molar-refractivity contribution in [2.75, 3.05) is 19.6 Å². The van der Waals surface area contributed by atoms with Gasteiger partial charge in [0.25, 0.3) is 5.91 Å². The van der Waals surface area contributed by atoms with Gasteiger partial charge in [-0.1, -0.05) is 15.9 Å². The van der Waals surface area contributed by atoms with Gasteiger partial charge in [0, 0.05) is 23.1 Å². The summed E-state index contributed by atoms with van der Waals surface area (Å²) in [7, 11) is 0. The summed E-state index contributed by atoms with van der Waals surface area (Å²) in [6.07, 6.45) is 1.17. The highest BCUT2D eigenvalue weighted by atomic mass is 79.9. The van der Waals surface area contributed by atoms with Crippen LogP contribution in [-0.2, 0) is 19.1 Å². The molecular weight excluding hydrogens is 626 g/mol. The standard InChI is InChI=1S/C12H12BrNO3.C10H17NO4.C5H9NO2.ClH/c1-12(11(16)17)6-7-14(12)10(15)8-2-4-9(13)5-3-8;1-9(2,3)15-8(14)11-6-5-10(11,4)7(12)13;1-5(4(7)8)2-3-6-5;/h2-5H,6-7H2,1H3,(H,16,17);5-6H2,1-4H3,(H,12,13);6H,2-3H2,1H3,(H,7,8);1H/t12-;10-;5-;/m111./s1. The topological polar surface area (TPSA) is 174 Å². The van der Waals surface area contributed by atoms with Crippen molar-refractivity contribution in [1.29, 1.82) is 0 Å². The Bertz CT molecular complexity index is 1150. The van der Waals surface area contributed by atoms with Crippen LogP contribution in [0.3, 0.4) is 0 Å². The molecule has 3 saturated heterocycles. The Balaban J connectivity index is 0.000000322. The van der Waals surface area contributed by atoms with Gasteiger partial charge < -0.3 is 30.3 Å². The van der Waals surface area contributed by atoms with Crippen LogP contribution in [0, 0.1) is 0 Å². The zero-order valence-electron chi connectivity index (χ0n) is 24.0. The predicted octanol–water partition coefficient (Wildman–Crippen LogP) is 3.85. The van der Waals surface area contributed by atoms with Gasteiger partial charge in [0.2, 0.25) is 0 Å². The lowest BCUT2D eigenvalue weighted by molar-refractivity contribution is -0.158. The number of carboxylic acid groups (broad SMARTS) is 3. The first-order valence-corrected chi connectivity index (χ1v) is 13.6. The number of nitrogens with zero attached hydrogens (tertiary/aromatic N) is 2. The normalized spacial score (nSPS) is 26.0. The van der Waals surface area contributed by atoms with E-state index >= 15 is 0 Å². The Morgan fingerprint density at radius 2 is 1.27 bits per heavy atom. The summed E-state index contributed by atoms with van der Waals surface area (Å²) in [6.45, 7) is 11.8. The molecule has 0 spiro atoms. The summed E-state index contributed by atoms with van der Waals surface area (Å²) < 4.78 is 6.00. The molecule has 12 nitrogen and oxygen atoms in total. The summed E-state index contributed by atoms with van der Waals surface area (Å²) in [5.74, 6) is -2.91. The molecular formula is C27H39BrClN3O9. The molecule has 3 fully saturated rings. The summed E-state index contributed by atoms with van der Waals surface area (Å²) in [5.41, 5.74) is -2.83. The summed E-state index contributed by atoms with van der Waals surface area (Å²) >= 11 is 3.29. The Morgan fingerprint density at radius 3 is 1.54 bits per heavy atom. The predicted molar refractivity (Wildman–Crippen MR) is 155 cm³/mol. The van der Waals surface area contributed by atoms with E-state index in [1.165, 1.54) is 16.7 Å². The van der Waals surface area contributed by atoms with E-state index in [-0.39, 0.29) is 18.3 Å². The molecule has 4 N–H and O–H groups in total. The van der Waals surface area contributed by atoms with Crippen LogP contribution in [-0.4, -0.2) is 96.9 Å². The van der Waals surface area contributed by atoms with Crippen molar-refractivity contribution in [2.24, 2.45) is 0 Å². The van der Waals surface area contributed by atoms with Gasteiger partial charge in [-0.05, 0) is 91.6 Å². The maximum absolute atomic E-state index is 12.1. The Labute approximate surface area is 253 Å². The van der Waals surface area contributed by atoms with Gasteiger partial charge in [-0.15, -0.1) is 12.4 Å². The van der Waals surface area contributed by atoms with Gasteiger partial charge >= 0.3 is 24.0 Å². The van der Waals surface area contributed by atoms with E-state index in [4.69, 9.17) is 20.1 Å². The van der Waals surface area contributed by atoms with Gasteiger partial charge in [0.15, 0.2) is 0 Å². The largest absolute Gasteiger partial charge is 0.480 e. The van der Waals surface area contributed by atoms with Crippen LogP contribution in [0.4, 0.5) is 4.79 Å². The van der Waals surface area contributed by atoms with Crippen LogP contribution in [0.2, 0.25) is 0 Å². The molecule has 1 aromatic carbocycles. The quantitative estimate of drug-likeness (QED) is 0.370. The van der Waals surface area contributed by atoms with Gasteiger partial charge in [-0.25, -0.2) is 14.4 Å². The minimum absolute atomic E-state index is 0. The fourth-order valence-corrected chi connectivity index (χ4v) is 4.19. The molecule has 14 heteroatoms. The lowest BCUT2D eigenvalue weighted by Crippen LogP contribution is -2.65. The molecule has 0 aliphatic carbocycles. The van der Waals surface area contributed by atoms with Crippen molar-refractivity contribution in [1.82, 2.24) is 15.1 Å². The van der Waals surface area contributed by atoms with Crippen LogP contribution < -0.4 is 5.32 Å². The molecule has 3 atom stereocenters. The molecule has 3 aliphatic heterocycles. The number of halogens is 2. The smallest absolute Gasteiger partial charge is 0.411 e. The number of likely N-dealkylation sites (tertiary alicyclic amines) is 2. The number of nitrogens with one attached hydrogen (secondary N) is 1. The fraction of sp³-hybridized carbons (Fsp3) is 0.593. The van der Waals surface area contributed by atoms with Crippen molar-refractivity contribution in [2.45, 2.75) is 83.0 Å².